The molecule has 2 aromatic carbocycles. The van der Waals surface area contributed by atoms with Crippen LogP contribution in [0.15, 0.2) is 35.1 Å². The summed E-state index contributed by atoms with van der Waals surface area (Å²) >= 11 is 0. The van der Waals surface area contributed by atoms with Crippen molar-refractivity contribution in [3.63, 3.8) is 0 Å². The minimum atomic E-state index is -0.460. The fraction of sp³-hybridized carbons (Fsp3) is 0.286. The number of fused-ring (bicyclic) bond motifs is 1. The zero-order chi connectivity index (χ0) is 19.7. The first kappa shape index (κ1) is 18.8. The number of aryl methyl sites for hydroxylation is 3. The predicted molar refractivity (Wildman–Crippen MR) is 103 cm³/mol. The van der Waals surface area contributed by atoms with Crippen LogP contribution in [0.5, 0.6) is 0 Å². The van der Waals surface area contributed by atoms with Crippen molar-refractivity contribution < 1.29 is 14.6 Å². The van der Waals surface area contributed by atoms with Crippen LogP contribution in [0.1, 0.15) is 39.7 Å². The van der Waals surface area contributed by atoms with E-state index in [0.29, 0.717) is 38.8 Å². The van der Waals surface area contributed by atoms with E-state index in [0.717, 1.165) is 5.56 Å². The molecule has 1 heterocycles. The number of hydrogen-bond donors (Lipinski definition) is 1. The highest BCUT2D eigenvalue weighted by molar-refractivity contribution is 6.00. The van der Waals surface area contributed by atoms with Crippen molar-refractivity contribution in [1.82, 2.24) is 9.78 Å². The molecule has 0 saturated carbocycles. The Bertz CT molecular complexity index is 1080. The van der Waals surface area contributed by atoms with Crippen LogP contribution < -0.4 is 5.56 Å². The molecule has 140 valence electrons. The minimum absolute atomic E-state index is 0.252. The van der Waals surface area contributed by atoms with E-state index in [2.05, 4.69) is 5.10 Å². The summed E-state index contributed by atoms with van der Waals surface area (Å²) in [4.78, 5) is 25.6. The molecule has 3 aromatic rings. The van der Waals surface area contributed by atoms with Crippen LogP contribution in [0.2, 0.25) is 0 Å². The molecule has 0 amide bonds. The van der Waals surface area contributed by atoms with E-state index in [9.17, 15) is 14.7 Å². The second-order valence-corrected chi connectivity index (χ2v) is 6.49. The summed E-state index contributed by atoms with van der Waals surface area (Å²) in [5.74, 6) is -0.460. The van der Waals surface area contributed by atoms with Crippen LogP contribution in [0.4, 0.5) is 0 Å². The summed E-state index contributed by atoms with van der Waals surface area (Å²) < 4.78 is 6.42. The number of aliphatic hydroxyl groups excluding tert-OH is 1. The molecule has 0 unspecified atom stereocenters. The van der Waals surface area contributed by atoms with Gasteiger partial charge in [0.2, 0.25) is 0 Å². The standard InChI is InChI=1S/C21H22N2O4/c1-5-27-21(26)18-13(3)10-16-17(11-24)22-23(20(25)19(16)14(18)4)15-8-6-12(2)7-9-15/h6-10,24H,5,11H2,1-4H3. The number of hydrogen-bond acceptors (Lipinski definition) is 5. The van der Waals surface area contributed by atoms with Crippen LogP contribution in [-0.4, -0.2) is 27.5 Å². The molecule has 0 atom stereocenters. The highest BCUT2D eigenvalue weighted by Gasteiger charge is 2.21. The van der Waals surface area contributed by atoms with Gasteiger partial charge in [0.05, 0.1) is 35.5 Å². The summed E-state index contributed by atoms with van der Waals surface area (Å²) in [5.41, 5.74) is 3.30. The predicted octanol–water partition coefficient (Wildman–Crippen LogP) is 2.98. The third-order valence-electron chi connectivity index (χ3n) is 4.62. The van der Waals surface area contributed by atoms with Gasteiger partial charge in [-0.2, -0.15) is 9.78 Å². The van der Waals surface area contributed by atoms with Crippen LogP contribution in [-0.2, 0) is 11.3 Å². The maximum absolute atomic E-state index is 13.2. The molecule has 3 rings (SSSR count). The van der Waals surface area contributed by atoms with Crippen molar-refractivity contribution >= 4 is 16.7 Å². The first-order valence-electron chi connectivity index (χ1n) is 8.80. The van der Waals surface area contributed by atoms with Gasteiger partial charge in [0.1, 0.15) is 0 Å². The van der Waals surface area contributed by atoms with Gasteiger partial charge in [0.15, 0.2) is 0 Å². The first-order valence-corrected chi connectivity index (χ1v) is 8.80. The second-order valence-electron chi connectivity index (χ2n) is 6.49. The molecule has 0 spiro atoms. The maximum atomic E-state index is 13.2. The van der Waals surface area contributed by atoms with E-state index in [1.165, 1.54) is 4.68 Å². The molecular weight excluding hydrogens is 344 g/mol. The average molecular weight is 366 g/mol. The third kappa shape index (κ3) is 3.24. The number of aliphatic hydroxyl groups is 1. The smallest absolute Gasteiger partial charge is 0.338 e. The Morgan fingerprint density at radius 2 is 1.85 bits per heavy atom. The topological polar surface area (TPSA) is 81.4 Å². The van der Waals surface area contributed by atoms with Crippen LogP contribution in [0.25, 0.3) is 16.5 Å². The highest BCUT2D eigenvalue weighted by Crippen LogP contribution is 2.26. The largest absolute Gasteiger partial charge is 0.462 e. The van der Waals surface area contributed by atoms with Gasteiger partial charge in [-0.1, -0.05) is 17.7 Å². The first-order chi connectivity index (χ1) is 12.9. The van der Waals surface area contributed by atoms with Gasteiger partial charge in [-0.3, -0.25) is 4.79 Å². The molecule has 0 aliphatic heterocycles. The van der Waals surface area contributed by atoms with E-state index in [1.807, 2.05) is 19.1 Å². The zero-order valence-electron chi connectivity index (χ0n) is 15.9. The van der Waals surface area contributed by atoms with Gasteiger partial charge in [0, 0.05) is 5.39 Å². The van der Waals surface area contributed by atoms with Gasteiger partial charge in [-0.15, -0.1) is 0 Å². The van der Waals surface area contributed by atoms with Crippen molar-refractivity contribution in [2.24, 2.45) is 0 Å². The molecule has 27 heavy (non-hydrogen) atoms. The number of nitrogens with zero attached hydrogens (tertiary/aromatic N) is 2. The minimum Gasteiger partial charge on any atom is -0.462 e. The number of rotatable bonds is 4. The van der Waals surface area contributed by atoms with Gasteiger partial charge < -0.3 is 9.84 Å². The summed E-state index contributed by atoms with van der Waals surface area (Å²) in [6.45, 7) is 7.14. The molecule has 0 fully saturated rings. The monoisotopic (exact) mass is 366 g/mol. The van der Waals surface area contributed by atoms with E-state index < -0.39 is 5.97 Å². The lowest BCUT2D eigenvalue weighted by Gasteiger charge is -2.15. The number of carbonyl (C=O) groups is 1. The van der Waals surface area contributed by atoms with E-state index in [-0.39, 0.29) is 18.8 Å². The Hall–Kier alpha value is -2.99. The van der Waals surface area contributed by atoms with Gasteiger partial charge >= 0.3 is 5.97 Å². The van der Waals surface area contributed by atoms with Crippen LogP contribution in [0, 0.1) is 20.8 Å². The van der Waals surface area contributed by atoms with Crippen molar-refractivity contribution in [3.05, 3.63) is 68.6 Å². The van der Waals surface area contributed by atoms with Gasteiger partial charge in [-0.25, -0.2) is 4.79 Å². The Labute approximate surface area is 157 Å². The summed E-state index contributed by atoms with van der Waals surface area (Å²) in [5, 5.41) is 15.1. The molecule has 6 heteroatoms. The van der Waals surface area contributed by atoms with Gasteiger partial charge in [0.25, 0.3) is 5.56 Å². The Morgan fingerprint density at radius 3 is 2.44 bits per heavy atom. The molecule has 0 aliphatic rings. The molecule has 1 aromatic heterocycles. The number of ether oxygens (including phenoxy) is 1. The SMILES string of the molecule is CCOC(=O)c1c(C)cc2c(CO)nn(-c3ccc(C)cc3)c(=O)c2c1C. The van der Waals surface area contributed by atoms with Crippen LogP contribution in [0.3, 0.4) is 0 Å². The highest BCUT2D eigenvalue weighted by atomic mass is 16.5. The second kappa shape index (κ2) is 7.32. The zero-order valence-corrected chi connectivity index (χ0v) is 15.9. The maximum Gasteiger partial charge on any atom is 0.338 e. The van der Waals surface area contributed by atoms with E-state index in [1.54, 1.807) is 39.0 Å². The Balaban J connectivity index is 2.39. The number of aromatic nitrogens is 2. The van der Waals surface area contributed by atoms with E-state index in [4.69, 9.17) is 4.74 Å². The molecule has 0 aliphatic carbocycles. The summed E-state index contributed by atoms with van der Waals surface area (Å²) in [6, 6.07) is 9.09. The molecule has 0 saturated heterocycles. The fourth-order valence-corrected chi connectivity index (χ4v) is 3.31. The summed E-state index contributed by atoms with van der Waals surface area (Å²) in [7, 11) is 0. The lowest BCUT2D eigenvalue weighted by atomic mass is 9.95. The fourth-order valence-electron chi connectivity index (χ4n) is 3.31. The molecule has 0 bridgehead atoms. The van der Waals surface area contributed by atoms with Crippen molar-refractivity contribution in [3.8, 4) is 5.69 Å². The number of esters is 1. The van der Waals surface area contributed by atoms with Crippen molar-refractivity contribution in [2.45, 2.75) is 34.3 Å². The van der Waals surface area contributed by atoms with Crippen molar-refractivity contribution in [2.75, 3.05) is 6.61 Å². The lowest BCUT2D eigenvalue weighted by molar-refractivity contribution is 0.0525. The van der Waals surface area contributed by atoms with Crippen molar-refractivity contribution in [1.29, 1.82) is 0 Å². The molecule has 0 radical (unpaired) electrons. The number of benzene rings is 2. The molecule has 1 N–H and O–H groups in total. The number of carbonyl (C=O) groups excluding carboxylic acids is 1. The Morgan fingerprint density at radius 1 is 1.19 bits per heavy atom. The Kier molecular flexibility index (Phi) is 5.10. The molecule has 6 nitrogen and oxygen atoms in total. The lowest BCUT2D eigenvalue weighted by Crippen LogP contribution is -2.25. The van der Waals surface area contributed by atoms with Gasteiger partial charge in [-0.05, 0) is 57.0 Å². The average Bonchev–Trinajstić information content (AvgIpc) is 2.63. The quantitative estimate of drug-likeness (QED) is 0.718. The third-order valence-corrected chi connectivity index (χ3v) is 4.62. The van der Waals surface area contributed by atoms with E-state index >= 15 is 0 Å². The van der Waals surface area contributed by atoms with Crippen LogP contribution >= 0.6 is 0 Å². The molecular formula is C21H22N2O4. The normalized spacial score (nSPS) is 11.0. The summed E-state index contributed by atoms with van der Waals surface area (Å²) in [6.07, 6.45) is 0.